The standard InChI is InChI=1S/C16H12F3N3O/c17-16(18,19)15(23)10-11-20-12-6-8-14(9-7-12)22-21-13-4-2-1-3-5-13/h1-11,20H. The third-order valence-electron chi connectivity index (χ3n) is 2.67. The van der Waals surface area contributed by atoms with E-state index in [-0.39, 0.29) is 0 Å². The minimum Gasteiger partial charge on any atom is -0.362 e. The molecule has 0 fully saturated rings. The summed E-state index contributed by atoms with van der Waals surface area (Å²) in [6.45, 7) is 0. The lowest BCUT2D eigenvalue weighted by Gasteiger charge is -2.02. The fourth-order valence-corrected chi connectivity index (χ4v) is 1.54. The van der Waals surface area contributed by atoms with Crippen molar-refractivity contribution in [3.05, 3.63) is 66.9 Å². The first-order valence-electron chi connectivity index (χ1n) is 6.56. The van der Waals surface area contributed by atoms with E-state index in [9.17, 15) is 18.0 Å². The third kappa shape index (κ3) is 5.39. The van der Waals surface area contributed by atoms with Crippen LogP contribution in [0.4, 0.5) is 30.2 Å². The molecule has 4 nitrogen and oxygen atoms in total. The molecule has 2 aromatic rings. The van der Waals surface area contributed by atoms with Crippen LogP contribution < -0.4 is 5.32 Å². The molecule has 0 unspecified atom stereocenters. The van der Waals surface area contributed by atoms with E-state index in [2.05, 4.69) is 15.5 Å². The summed E-state index contributed by atoms with van der Waals surface area (Å²) in [5, 5.41) is 10.6. The molecular formula is C16H12F3N3O. The van der Waals surface area contributed by atoms with Crippen LogP contribution in [0.15, 0.2) is 77.1 Å². The van der Waals surface area contributed by atoms with Gasteiger partial charge in [-0.25, -0.2) is 0 Å². The fraction of sp³-hybridized carbons (Fsp3) is 0.0625. The van der Waals surface area contributed by atoms with Crippen molar-refractivity contribution in [3.8, 4) is 0 Å². The Bertz CT molecular complexity index is 708. The molecule has 1 N–H and O–H groups in total. The maximum absolute atomic E-state index is 12.0. The van der Waals surface area contributed by atoms with Gasteiger partial charge in [0.2, 0.25) is 0 Å². The Hall–Kier alpha value is -2.96. The highest BCUT2D eigenvalue weighted by Gasteiger charge is 2.35. The van der Waals surface area contributed by atoms with E-state index < -0.39 is 12.0 Å². The van der Waals surface area contributed by atoms with Crippen LogP contribution >= 0.6 is 0 Å². The zero-order valence-corrected chi connectivity index (χ0v) is 11.8. The summed E-state index contributed by atoms with van der Waals surface area (Å²) in [5.41, 5.74) is 1.83. The van der Waals surface area contributed by atoms with Gasteiger partial charge in [-0.2, -0.15) is 23.4 Å². The van der Waals surface area contributed by atoms with Crippen LogP contribution in [0.25, 0.3) is 0 Å². The van der Waals surface area contributed by atoms with Gasteiger partial charge in [-0.05, 0) is 36.4 Å². The summed E-state index contributed by atoms with van der Waals surface area (Å²) >= 11 is 0. The number of carbonyl (C=O) groups excluding carboxylic acids is 1. The second-order valence-electron chi connectivity index (χ2n) is 4.42. The number of alkyl halides is 3. The fourth-order valence-electron chi connectivity index (χ4n) is 1.54. The van der Waals surface area contributed by atoms with Gasteiger partial charge < -0.3 is 5.32 Å². The van der Waals surface area contributed by atoms with Crippen molar-refractivity contribution in [3.63, 3.8) is 0 Å². The molecule has 0 aliphatic heterocycles. The van der Waals surface area contributed by atoms with Crippen LogP contribution in [0.2, 0.25) is 0 Å². The molecule has 23 heavy (non-hydrogen) atoms. The number of hydrogen-bond donors (Lipinski definition) is 1. The van der Waals surface area contributed by atoms with Crippen molar-refractivity contribution in [1.29, 1.82) is 0 Å². The lowest BCUT2D eigenvalue weighted by molar-refractivity contribution is -0.165. The Morgan fingerprint density at radius 2 is 1.48 bits per heavy atom. The largest absolute Gasteiger partial charge is 0.454 e. The van der Waals surface area contributed by atoms with E-state index in [0.717, 1.165) is 6.20 Å². The number of anilines is 1. The first kappa shape index (κ1) is 16.4. The first-order chi connectivity index (χ1) is 10.9. The Morgan fingerprint density at radius 3 is 2.04 bits per heavy atom. The minimum atomic E-state index is -4.86. The number of halogens is 3. The van der Waals surface area contributed by atoms with Crippen LogP contribution in [0.1, 0.15) is 0 Å². The monoisotopic (exact) mass is 319 g/mol. The zero-order valence-electron chi connectivity index (χ0n) is 11.8. The van der Waals surface area contributed by atoms with Crippen molar-refractivity contribution >= 4 is 22.8 Å². The van der Waals surface area contributed by atoms with Gasteiger partial charge in [0.25, 0.3) is 5.78 Å². The molecule has 2 aromatic carbocycles. The normalized spacial score (nSPS) is 12.0. The van der Waals surface area contributed by atoms with E-state index in [1.54, 1.807) is 24.3 Å². The third-order valence-corrected chi connectivity index (χ3v) is 2.67. The highest BCUT2D eigenvalue weighted by Crippen LogP contribution is 2.20. The molecule has 0 aliphatic carbocycles. The summed E-state index contributed by atoms with van der Waals surface area (Å²) < 4.78 is 36.0. The molecule has 0 saturated carbocycles. The lowest BCUT2D eigenvalue weighted by Crippen LogP contribution is -2.20. The molecule has 0 radical (unpaired) electrons. The van der Waals surface area contributed by atoms with Crippen LogP contribution in [0.5, 0.6) is 0 Å². The highest BCUT2D eigenvalue weighted by molar-refractivity contribution is 5.94. The van der Waals surface area contributed by atoms with E-state index in [0.29, 0.717) is 23.1 Å². The van der Waals surface area contributed by atoms with E-state index in [1.165, 1.54) is 0 Å². The Kier molecular flexibility index (Phi) is 5.24. The minimum absolute atomic E-state index is 0.434. The summed E-state index contributed by atoms with van der Waals surface area (Å²) in [6, 6.07) is 15.7. The Labute approximate surface area is 130 Å². The number of hydrogen-bond acceptors (Lipinski definition) is 4. The van der Waals surface area contributed by atoms with E-state index >= 15 is 0 Å². The second kappa shape index (κ2) is 7.35. The summed E-state index contributed by atoms with van der Waals surface area (Å²) in [7, 11) is 0. The number of carbonyl (C=O) groups is 1. The van der Waals surface area contributed by atoms with Gasteiger partial charge in [0.1, 0.15) is 0 Å². The van der Waals surface area contributed by atoms with E-state index in [4.69, 9.17) is 0 Å². The van der Waals surface area contributed by atoms with Crippen molar-refractivity contribution in [2.45, 2.75) is 6.18 Å². The molecule has 0 amide bonds. The van der Waals surface area contributed by atoms with Gasteiger partial charge in [-0.1, -0.05) is 18.2 Å². The van der Waals surface area contributed by atoms with Gasteiger partial charge in [-0.3, -0.25) is 4.79 Å². The topological polar surface area (TPSA) is 53.8 Å². The van der Waals surface area contributed by atoms with Crippen LogP contribution in [0, 0.1) is 0 Å². The first-order valence-corrected chi connectivity index (χ1v) is 6.56. The number of nitrogens with one attached hydrogen (secondary N) is 1. The average Bonchev–Trinajstić information content (AvgIpc) is 2.54. The molecule has 0 heterocycles. The molecular weight excluding hydrogens is 307 g/mol. The molecule has 0 atom stereocenters. The maximum Gasteiger partial charge on any atom is 0.454 e. The molecule has 0 aromatic heterocycles. The Morgan fingerprint density at radius 1 is 0.913 bits per heavy atom. The summed E-state index contributed by atoms with van der Waals surface area (Å²) in [4.78, 5) is 10.6. The molecule has 2 rings (SSSR count). The van der Waals surface area contributed by atoms with Crippen LogP contribution in [-0.2, 0) is 4.79 Å². The summed E-state index contributed by atoms with van der Waals surface area (Å²) in [5.74, 6) is -1.92. The molecule has 0 saturated heterocycles. The van der Waals surface area contributed by atoms with Crippen LogP contribution in [-0.4, -0.2) is 12.0 Å². The van der Waals surface area contributed by atoms with Gasteiger partial charge in [0.05, 0.1) is 11.4 Å². The second-order valence-corrected chi connectivity index (χ2v) is 4.42. The van der Waals surface area contributed by atoms with E-state index in [1.807, 2.05) is 30.3 Å². The van der Waals surface area contributed by atoms with Crippen molar-refractivity contribution in [1.82, 2.24) is 0 Å². The number of nitrogens with zero attached hydrogens (tertiary/aromatic N) is 2. The number of rotatable bonds is 5. The Balaban J connectivity index is 1.94. The van der Waals surface area contributed by atoms with Crippen molar-refractivity contribution in [2.24, 2.45) is 10.2 Å². The van der Waals surface area contributed by atoms with Gasteiger partial charge in [-0.15, -0.1) is 0 Å². The average molecular weight is 319 g/mol. The maximum atomic E-state index is 12.0. The molecule has 7 heteroatoms. The predicted octanol–water partition coefficient (Wildman–Crippen LogP) is 5.16. The summed E-state index contributed by atoms with van der Waals surface area (Å²) in [6.07, 6.45) is -3.49. The SMILES string of the molecule is O=C(C=CNc1ccc(N=Nc2ccccc2)cc1)C(F)(F)F. The van der Waals surface area contributed by atoms with Gasteiger partial charge in [0.15, 0.2) is 0 Å². The predicted molar refractivity (Wildman–Crippen MR) is 80.9 cm³/mol. The molecule has 118 valence electrons. The molecule has 0 aliphatic rings. The number of benzene rings is 2. The van der Waals surface area contributed by atoms with Crippen molar-refractivity contribution < 1.29 is 18.0 Å². The number of azo groups is 1. The zero-order chi connectivity index (χ0) is 16.7. The van der Waals surface area contributed by atoms with Crippen molar-refractivity contribution in [2.75, 3.05) is 5.32 Å². The highest BCUT2D eigenvalue weighted by atomic mass is 19.4. The quantitative estimate of drug-likeness (QED) is 0.611. The van der Waals surface area contributed by atoms with Crippen LogP contribution in [0.3, 0.4) is 0 Å². The lowest BCUT2D eigenvalue weighted by atomic mass is 10.3. The van der Waals surface area contributed by atoms with Gasteiger partial charge >= 0.3 is 6.18 Å². The molecule has 0 bridgehead atoms. The molecule has 0 spiro atoms. The van der Waals surface area contributed by atoms with Gasteiger partial charge in [0, 0.05) is 18.0 Å². The number of allylic oxidation sites excluding steroid dienone is 1. The smallest absolute Gasteiger partial charge is 0.362 e. The number of ketones is 1.